The van der Waals surface area contributed by atoms with Gasteiger partial charge in [-0.25, -0.2) is 4.68 Å². The average Bonchev–Trinajstić information content (AvgIpc) is 3.28. The van der Waals surface area contributed by atoms with Gasteiger partial charge in [-0.15, -0.1) is 5.10 Å². The molecule has 1 unspecified atom stereocenters. The molecule has 1 atom stereocenters. The van der Waals surface area contributed by atoms with Gasteiger partial charge in [0.05, 0.1) is 10.5 Å². The maximum absolute atomic E-state index is 13.5. The van der Waals surface area contributed by atoms with Gasteiger partial charge in [0, 0.05) is 29.1 Å². The van der Waals surface area contributed by atoms with Crippen LogP contribution in [-0.2, 0) is 4.79 Å². The normalized spacial score (nSPS) is 14.8. The van der Waals surface area contributed by atoms with Crippen LogP contribution in [0.2, 0.25) is 0 Å². The summed E-state index contributed by atoms with van der Waals surface area (Å²) in [5, 5.41) is 22.2. The van der Waals surface area contributed by atoms with Crippen LogP contribution in [-0.4, -0.2) is 25.6 Å². The Kier molecular flexibility index (Phi) is 5.35. The lowest BCUT2D eigenvalue weighted by atomic mass is 9.94. The molecule has 1 aromatic heterocycles. The predicted molar refractivity (Wildman–Crippen MR) is 128 cm³/mol. The number of anilines is 2. The number of aromatic nitrogens is 3. The molecule has 168 valence electrons. The summed E-state index contributed by atoms with van der Waals surface area (Å²) in [6.07, 6.45) is 0. The Morgan fingerprint density at radius 2 is 1.74 bits per heavy atom. The number of carbonyl (C=O) groups is 1. The molecule has 0 bridgehead atoms. The number of rotatable bonds is 5. The van der Waals surface area contributed by atoms with Gasteiger partial charge in [-0.1, -0.05) is 60.7 Å². The minimum Gasteiger partial charge on any atom is -0.328 e. The lowest BCUT2D eigenvalue weighted by Crippen LogP contribution is -2.31. The largest absolute Gasteiger partial charge is 0.328 e. The maximum Gasteiger partial charge on any atom is 0.269 e. The number of non-ortho nitro benzene ring substituents is 1. The van der Waals surface area contributed by atoms with Crippen LogP contribution >= 0.6 is 0 Å². The Morgan fingerprint density at radius 1 is 1.03 bits per heavy atom. The first kappa shape index (κ1) is 21.1. The summed E-state index contributed by atoms with van der Waals surface area (Å²) in [6, 6.07) is 24.1. The molecule has 0 aliphatic carbocycles. The standard InChI is InChI=1S/C25H20N6O3/c1-16-21(24(32)27-19-12-6-3-7-13-19)22(18-11-8-14-20(15-18)31(33)34)30-25(26-16)28-23(29-30)17-9-4-2-5-10-17/h2-15,22H,1H3,(H,27,32)(H,26,28,29). The van der Waals surface area contributed by atoms with Gasteiger partial charge in [0.1, 0.15) is 6.04 Å². The highest BCUT2D eigenvalue weighted by atomic mass is 16.6. The fraction of sp³-hybridized carbons (Fsp3) is 0.0800. The SMILES string of the molecule is CC1=C(C(=O)Nc2ccccc2)C(c2cccc([N+](=O)[O-])c2)n2nc(-c3ccccc3)nc2N1. The minimum absolute atomic E-state index is 0.0681. The summed E-state index contributed by atoms with van der Waals surface area (Å²) in [5.74, 6) is 0.593. The zero-order valence-electron chi connectivity index (χ0n) is 18.2. The summed E-state index contributed by atoms with van der Waals surface area (Å²) in [4.78, 5) is 29.1. The molecule has 5 rings (SSSR count). The van der Waals surface area contributed by atoms with Crippen LogP contribution in [0, 0.1) is 10.1 Å². The van der Waals surface area contributed by atoms with Crippen molar-refractivity contribution in [2.75, 3.05) is 10.6 Å². The predicted octanol–water partition coefficient (Wildman–Crippen LogP) is 4.78. The van der Waals surface area contributed by atoms with Gasteiger partial charge in [0.15, 0.2) is 5.82 Å². The molecular weight excluding hydrogens is 432 g/mol. The van der Waals surface area contributed by atoms with Crippen molar-refractivity contribution >= 4 is 23.2 Å². The van der Waals surface area contributed by atoms with E-state index in [4.69, 9.17) is 0 Å². The molecule has 0 fully saturated rings. The number of nitro groups is 1. The van der Waals surface area contributed by atoms with Gasteiger partial charge in [-0.3, -0.25) is 14.9 Å². The molecule has 4 aromatic rings. The van der Waals surface area contributed by atoms with Gasteiger partial charge in [0.2, 0.25) is 5.95 Å². The Bertz CT molecular complexity index is 1410. The molecule has 1 aliphatic rings. The number of amides is 1. The smallest absolute Gasteiger partial charge is 0.269 e. The average molecular weight is 452 g/mol. The molecule has 3 aromatic carbocycles. The van der Waals surface area contributed by atoms with E-state index in [1.54, 1.807) is 35.9 Å². The van der Waals surface area contributed by atoms with Crippen LogP contribution in [0.4, 0.5) is 17.3 Å². The number of benzene rings is 3. The molecule has 0 spiro atoms. The van der Waals surface area contributed by atoms with Crippen molar-refractivity contribution in [1.82, 2.24) is 14.8 Å². The summed E-state index contributed by atoms with van der Waals surface area (Å²) in [7, 11) is 0. The van der Waals surface area contributed by atoms with E-state index >= 15 is 0 Å². The van der Waals surface area contributed by atoms with E-state index in [1.807, 2.05) is 48.5 Å². The third-order valence-corrected chi connectivity index (χ3v) is 5.56. The Labute approximate surface area is 194 Å². The second-order valence-electron chi connectivity index (χ2n) is 7.81. The molecule has 1 amide bonds. The monoisotopic (exact) mass is 452 g/mol. The molecule has 0 saturated carbocycles. The number of carbonyl (C=O) groups excluding carboxylic acids is 1. The Balaban J connectivity index is 1.63. The second kappa shape index (κ2) is 8.62. The highest BCUT2D eigenvalue weighted by Gasteiger charge is 2.35. The summed E-state index contributed by atoms with van der Waals surface area (Å²) in [5.41, 5.74) is 2.92. The molecule has 34 heavy (non-hydrogen) atoms. The van der Waals surface area contributed by atoms with Crippen LogP contribution in [0.1, 0.15) is 18.5 Å². The number of nitrogens with zero attached hydrogens (tertiary/aromatic N) is 4. The van der Waals surface area contributed by atoms with Crippen LogP contribution in [0.15, 0.2) is 96.2 Å². The third kappa shape index (κ3) is 3.90. The van der Waals surface area contributed by atoms with Crippen LogP contribution in [0.3, 0.4) is 0 Å². The van der Waals surface area contributed by atoms with E-state index in [1.165, 1.54) is 12.1 Å². The molecule has 1 aliphatic heterocycles. The van der Waals surface area contributed by atoms with E-state index in [2.05, 4.69) is 20.7 Å². The second-order valence-corrected chi connectivity index (χ2v) is 7.81. The van der Waals surface area contributed by atoms with Crippen molar-refractivity contribution in [3.8, 4) is 11.4 Å². The van der Waals surface area contributed by atoms with Crippen LogP contribution in [0.25, 0.3) is 11.4 Å². The zero-order chi connectivity index (χ0) is 23.7. The van der Waals surface area contributed by atoms with Gasteiger partial charge in [0.25, 0.3) is 11.6 Å². The van der Waals surface area contributed by atoms with E-state index < -0.39 is 11.0 Å². The maximum atomic E-state index is 13.5. The highest BCUT2D eigenvalue weighted by Crippen LogP contribution is 2.37. The Hall–Kier alpha value is -4.79. The highest BCUT2D eigenvalue weighted by molar-refractivity contribution is 6.06. The molecule has 0 saturated heterocycles. The number of hydrogen-bond acceptors (Lipinski definition) is 6. The van der Waals surface area contributed by atoms with E-state index in [0.717, 1.165) is 5.56 Å². The van der Waals surface area contributed by atoms with Crippen molar-refractivity contribution in [2.45, 2.75) is 13.0 Å². The first-order chi connectivity index (χ1) is 16.5. The molecule has 9 nitrogen and oxygen atoms in total. The van der Waals surface area contributed by atoms with Gasteiger partial charge in [-0.05, 0) is 24.6 Å². The lowest BCUT2D eigenvalue weighted by Gasteiger charge is -2.28. The first-order valence-electron chi connectivity index (χ1n) is 10.6. The summed E-state index contributed by atoms with van der Waals surface area (Å²) >= 11 is 0. The van der Waals surface area contributed by atoms with E-state index in [0.29, 0.717) is 34.3 Å². The first-order valence-corrected chi connectivity index (χ1v) is 10.6. The van der Waals surface area contributed by atoms with Crippen molar-refractivity contribution in [2.24, 2.45) is 0 Å². The van der Waals surface area contributed by atoms with Crippen LogP contribution in [0.5, 0.6) is 0 Å². The lowest BCUT2D eigenvalue weighted by molar-refractivity contribution is -0.384. The fourth-order valence-electron chi connectivity index (χ4n) is 3.99. The third-order valence-electron chi connectivity index (χ3n) is 5.56. The summed E-state index contributed by atoms with van der Waals surface area (Å²) < 4.78 is 1.61. The topological polar surface area (TPSA) is 115 Å². The van der Waals surface area contributed by atoms with Crippen molar-refractivity contribution in [3.05, 3.63) is 112 Å². The van der Waals surface area contributed by atoms with E-state index in [-0.39, 0.29) is 11.6 Å². The van der Waals surface area contributed by atoms with Crippen molar-refractivity contribution in [1.29, 1.82) is 0 Å². The number of allylic oxidation sites excluding steroid dienone is 1. The molecule has 2 N–H and O–H groups in total. The number of fused-ring (bicyclic) bond motifs is 1. The molecule has 9 heteroatoms. The van der Waals surface area contributed by atoms with Gasteiger partial charge >= 0.3 is 0 Å². The van der Waals surface area contributed by atoms with Gasteiger partial charge < -0.3 is 10.6 Å². The number of nitrogens with one attached hydrogen (secondary N) is 2. The van der Waals surface area contributed by atoms with E-state index in [9.17, 15) is 14.9 Å². The number of para-hydroxylation sites is 1. The zero-order valence-corrected chi connectivity index (χ0v) is 18.2. The molecular formula is C25H20N6O3. The molecule has 2 heterocycles. The van der Waals surface area contributed by atoms with Crippen molar-refractivity contribution in [3.63, 3.8) is 0 Å². The fourth-order valence-corrected chi connectivity index (χ4v) is 3.99. The minimum atomic E-state index is -0.718. The van der Waals surface area contributed by atoms with Crippen molar-refractivity contribution < 1.29 is 9.72 Å². The quantitative estimate of drug-likeness (QED) is 0.333. The van der Waals surface area contributed by atoms with Crippen LogP contribution < -0.4 is 10.6 Å². The van der Waals surface area contributed by atoms with Gasteiger partial charge in [-0.2, -0.15) is 4.98 Å². The molecule has 0 radical (unpaired) electrons. The summed E-state index contributed by atoms with van der Waals surface area (Å²) in [6.45, 7) is 1.78. The number of nitro benzene ring substituents is 1. The Morgan fingerprint density at radius 3 is 2.44 bits per heavy atom. The number of hydrogen-bond donors (Lipinski definition) is 2.